The lowest BCUT2D eigenvalue weighted by molar-refractivity contribution is 0.417. The molecule has 1 aromatic heterocycles. The molecule has 15 heavy (non-hydrogen) atoms. The van der Waals surface area contributed by atoms with Crippen molar-refractivity contribution in [2.24, 2.45) is 7.05 Å². The summed E-state index contributed by atoms with van der Waals surface area (Å²) in [6, 6.07) is 0. The van der Waals surface area contributed by atoms with Crippen molar-refractivity contribution in [3.63, 3.8) is 0 Å². The van der Waals surface area contributed by atoms with E-state index in [1.807, 2.05) is 0 Å². The first kappa shape index (κ1) is 10.7. The first-order chi connectivity index (χ1) is 6.95. The molecule has 0 amide bonds. The number of halogens is 5. The lowest BCUT2D eigenvalue weighted by Crippen LogP contribution is -1.97. The van der Waals surface area contributed by atoms with Gasteiger partial charge < -0.3 is 0 Å². The van der Waals surface area contributed by atoms with Crippen molar-refractivity contribution < 1.29 is 17.6 Å². The minimum atomic E-state index is -1.84. The van der Waals surface area contributed by atoms with Crippen molar-refractivity contribution in [3.05, 3.63) is 27.0 Å². The Hall–Kier alpha value is -0.860. The van der Waals surface area contributed by atoms with Gasteiger partial charge in [-0.05, 0) is 22.6 Å². The Bertz CT molecular complexity index is 564. The summed E-state index contributed by atoms with van der Waals surface area (Å²) >= 11 is 1.67. The molecule has 0 atom stereocenters. The number of aromatic nitrogens is 2. The lowest BCUT2D eigenvalue weighted by Gasteiger charge is -1.98. The molecular formula is C8H3F4IN2. The first-order valence-electron chi connectivity index (χ1n) is 3.79. The number of rotatable bonds is 0. The molecule has 0 aliphatic rings. The fourth-order valence-electron chi connectivity index (χ4n) is 1.26. The van der Waals surface area contributed by atoms with Crippen LogP contribution in [-0.2, 0) is 7.05 Å². The van der Waals surface area contributed by atoms with Crippen molar-refractivity contribution in [1.29, 1.82) is 0 Å². The third kappa shape index (κ3) is 1.32. The minimum absolute atomic E-state index is 0.206. The Morgan fingerprint density at radius 1 is 1.00 bits per heavy atom. The second-order valence-electron chi connectivity index (χ2n) is 2.89. The van der Waals surface area contributed by atoms with E-state index in [1.54, 1.807) is 22.6 Å². The number of benzene rings is 1. The maximum atomic E-state index is 13.3. The summed E-state index contributed by atoms with van der Waals surface area (Å²) in [5.41, 5.74) is -0.502. The summed E-state index contributed by atoms with van der Waals surface area (Å²) in [5, 5.41) is 3.22. The third-order valence-corrected chi connectivity index (χ3v) is 3.22. The minimum Gasteiger partial charge on any atom is -0.261 e. The Morgan fingerprint density at radius 2 is 1.53 bits per heavy atom. The Kier molecular flexibility index (Phi) is 2.36. The van der Waals surface area contributed by atoms with Gasteiger partial charge in [0.1, 0.15) is 9.22 Å². The molecule has 0 spiro atoms. The van der Waals surface area contributed by atoms with Crippen LogP contribution in [0.25, 0.3) is 10.9 Å². The maximum Gasteiger partial charge on any atom is 0.199 e. The molecule has 0 unspecified atom stereocenters. The van der Waals surface area contributed by atoms with Crippen molar-refractivity contribution in [2.45, 2.75) is 0 Å². The lowest BCUT2D eigenvalue weighted by atomic mass is 10.2. The fourth-order valence-corrected chi connectivity index (χ4v) is 1.86. The highest BCUT2D eigenvalue weighted by molar-refractivity contribution is 14.1. The highest BCUT2D eigenvalue weighted by Gasteiger charge is 2.25. The molecule has 0 radical (unpaired) electrons. The van der Waals surface area contributed by atoms with Crippen molar-refractivity contribution in [2.75, 3.05) is 0 Å². The van der Waals surface area contributed by atoms with Gasteiger partial charge in [-0.25, -0.2) is 17.6 Å². The van der Waals surface area contributed by atoms with Gasteiger partial charge in [0, 0.05) is 7.05 Å². The van der Waals surface area contributed by atoms with Crippen LogP contribution in [0.4, 0.5) is 17.6 Å². The largest absolute Gasteiger partial charge is 0.261 e. The summed E-state index contributed by atoms with van der Waals surface area (Å²) in [7, 11) is 1.43. The van der Waals surface area contributed by atoms with E-state index >= 15 is 0 Å². The van der Waals surface area contributed by atoms with E-state index in [4.69, 9.17) is 0 Å². The molecule has 2 aromatic rings. The summed E-state index contributed by atoms with van der Waals surface area (Å²) in [5.74, 6) is -6.54. The SMILES string of the molecule is Cn1nc2c(F)c(F)c(F)c(F)c2c1I. The molecule has 7 heteroatoms. The molecule has 0 bridgehead atoms. The standard InChI is InChI=1S/C8H3F4IN2/c1-15-8(13)2-3(9)4(10)5(11)6(12)7(2)14-15/h1H3. The quantitative estimate of drug-likeness (QED) is 0.314. The van der Waals surface area contributed by atoms with E-state index in [-0.39, 0.29) is 9.09 Å². The van der Waals surface area contributed by atoms with Gasteiger partial charge in [0.15, 0.2) is 23.3 Å². The monoisotopic (exact) mass is 330 g/mol. The molecule has 0 saturated carbocycles. The van der Waals surface area contributed by atoms with Crippen LogP contribution in [-0.4, -0.2) is 9.78 Å². The first-order valence-corrected chi connectivity index (χ1v) is 4.87. The number of hydrogen-bond donors (Lipinski definition) is 0. The molecular weight excluding hydrogens is 327 g/mol. The van der Waals surface area contributed by atoms with Crippen LogP contribution in [0, 0.1) is 27.0 Å². The zero-order valence-electron chi connectivity index (χ0n) is 7.28. The molecule has 2 nitrogen and oxygen atoms in total. The Labute approximate surface area is 95.0 Å². The van der Waals surface area contributed by atoms with Crippen LogP contribution < -0.4 is 0 Å². The van der Waals surface area contributed by atoms with Gasteiger partial charge in [-0.1, -0.05) is 0 Å². The molecule has 1 aromatic carbocycles. The molecule has 0 N–H and O–H groups in total. The number of hydrogen-bond acceptors (Lipinski definition) is 1. The van der Waals surface area contributed by atoms with Gasteiger partial charge in [-0.3, -0.25) is 4.68 Å². The second kappa shape index (κ2) is 3.32. The molecule has 0 aliphatic heterocycles. The molecule has 0 aliphatic carbocycles. The Morgan fingerprint density at radius 3 is 2.13 bits per heavy atom. The van der Waals surface area contributed by atoms with Crippen LogP contribution in [0.2, 0.25) is 0 Å². The van der Waals surface area contributed by atoms with Crippen molar-refractivity contribution >= 4 is 33.5 Å². The highest BCUT2D eigenvalue weighted by Crippen LogP contribution is 2.29. The summed E-state index contributed by atoms with van der Waals surface area (Å²) in [6.07, 6.45) is 0. The Balaban J connectivity index is 3.07. The fraction of sp³-hybridized carbons (Fsp3) is 0.125. The topological polar surface area (TPSA) is 17.8 Å². The summed E-state index contributed by atoms with van der Waals surface area (Å²) in [6.45, 7) is 0. The van der Waals surface area contributed by atoms with E-state index in [9.17, 15) is 17.6 Å². The van der Waals surface area contributed by atoms with E-state index in [2.05, 4.69) is 5.10 Å². The molecule has 80 valence electrons. The highest BCUT2D eigenvalue weighted by atomic mass is 127. The van der Waals surface area contributed by atoms with Gasteiger partial charge in [0.05, 0.1) is 5.39 Å². The number of fused-ring (bicyclic) bond motifs is 1. The van der Waals surface area contributed by atoms with Gasteiger partial charge in [0.2, 0.25) is 0 Å². The van der Waals surface area contributed by atoms with E-state index in [0.717, 1.165) is 4.68 Å². The zero-order valence-corrected chi connectivity index (χ0v) is 9.44. The van der Waals surface area contributed by atoms with Crippen LogP contribution in [0.3, 0.4) is 0 Å². The predicted octanol–water partition coefficient (Wildman–Crippen LogP) is 2.73. The van der Waals surface area contributed by atoms with Crippen LogP contribution in [0.5, 0.6) is 0 Å². The smallest absolute Gasteiger partial charge is 0.199 e. The molecule has 0 fully saturated rings. The summed E-state index contributed by atoms with van der Waals surface area (Å²) in [4.78, 5) is 0. The van der Waals surface area contributed by atoms with Crippen LogP contribution >= 0.6 is 22.6 Å². The van der Waals surface area contributed by atoms with Gasteiger partial charge in [0.25, 0.3) is 0 Å². The number of aryl methyl sites for hydroxylation is 1. The van der Waals surface area contributed by atoms with E-state index in [0.29, 0.717) is 0 Å². The van der Waals surface area contributed by atoms with E-state index < -0.39 is 28.8 Å². The van der Waals surface area contributed by atoms with Gasteiger partial charge in [-0.2, -0.15) is 5.10 Å². The molecule has 1 heterocycles. The van der Waals surface area contributed by atoms with Gasteiger partial charge >= 0.3 is 0 Å². The predicted molar refractivity (Wildman–Crippen MR) is 53.3 cm³/mol. The second-order valence-corrected chi connectivity index (χ2v) is 3.92. The average Bonchev–Trinajstić information content (AvgIpc) is 2.50. The van der Waals surface area contributed by atoms with Crippen molar-refractivity contribution in [1.82, 2.24) is 9.78 Å². The third-order valence-electron chi connectivity index (χ3n) is 1.98. The molecule has 0 saturated heterocycles. The maximum absolute atomic E-state index is 13.3. The summed E-state index contributed by atoms with van der Waals surface area (Å²) < 4.78 is 53.5. The average molecular weight is 330 g/mol. The van der Waals surface area contributed by atoms with Crippen LogP contribution in [0.15, 0.2) is 0 Å². The van der Waals surface area contributed by atoms with Crippen LogP contribution in [0.1, 0.15) is 0 Å². The number of nitrogens with zero attached hydrogens (tertiary/aromatic N) is 2. The molecule has 2 rings (SSSR count). The van der Waals surface area contributed by atoms with Crippen molar-refractivity contribution in [3.8, 4) is 0 Å². The normalized spacial score (nSPS) is 11.3. The zero-order chi connectivity index (χ0) is 11.3. The van der Waals surface area contributed by atoms with E-state index in [1.165, 1.54) is 7.05 Å². The van der Waals surface area contributed by atoms with Gasteiger partial charge in [-0.15, -0.1) is 0 Å².